The maximum absolute atomic E-state index is 12.2. The Morgan fingerprint density at radius 1 is 1.20 bits per heavy atom. The zero-order valence-corrected chi connectivity index (χ0v) is 12.1. The predicted octanol–water partition coefficient (Wildman–Crippen LogP) is 0.769. The summed E-state index contributed by atoms with van der Waals surface area (Å²) < 4.78 is 11.2. The van der Waals surface area contributed by atoms with E-state index < -0.39 is 22.9 Å². The Hall–Kier alpha value is -2.11. The first kappa shape index (κ1) is 15.9. The molecule has 0 fully saturated rings. The van der Waals surface area contributed by atoms with Crippen LogP contribution in [0.25, 0.3) is 0 Å². The second-order valence-corrected chi connectivity index (χ2v) is 4.40. The average molecular weight is 281 g/mol. The minimum atomic E-state index is -1.76. The van der Waals surface area contributed by atoms with Crippen molar-refractivity contribution in [3.8, 4) is 0 Å². The van der Waals surface area contributed by atoms with Gasteiger partial charge in [0.05, 0.1) is 13.2 Å². The van der Waals surface area contributed by atoms with Crippen LogP contribution in [0.3, 0.4) is 0 Å². The molecule has 0 saturated heterocycles. The van der Waals surface area contributed by atoms with Crippen LogP contribution in [0.4, 0.5) is 0 Å². The van der Waals surface area contributed by atoms with Crippen LogP contribution < -0.4 is 5.56 Å². The van der Waals surface area contributed by atoms with E-state index >= 15 is 0 Å². The molecule has 0 saturated carbocycles. The molecule has 20 heavy (non-hydrogen) atoms. The van der Waals surface area contributed by atoms with Crippen LogP contribution in [-0.2, 0) is 31.5 Å². The second kappa shape index (κ2) is 6.36. The SMILES string of the molecule is CCOC(=O)C(C)(C(=O)OCC)c1cccn(C)c1=O. The van der Waals surface area contributed by atoms with Crippen LogP contribution in [-0.4, -0.2) is 29.7 Å². The number of nitrogens with zero attached hydrogens (tertiary/aromatic N) is 1. The highest BCUT2D eigenvalue weighted by Gasteiger charge is 2.48. The lowest BCUT2D eigenvalue weighted by molar-refractivity contribution is -0.163. The molecule has 1 heterocycles. The van der Waals surface area contributed by atoms with Gasteiger partial charge in [0.25, 0.3) is 5.56 Å². The standard InChI is InChI=1S/C14H19NO5/c1-5-19-12(17)14(3,13(18)20-6-2)10-8-7-9-15(4)11(10)16/h7-9H,5-6H2,1-4H3. The van der Waals surface area contributed by atoms with Gasteiger partial charge in [-0.25, -0.2) is 0 Å². The molecule has 0 aliphatic carbocycles. The molecule has 0 unspecified atom stereocenters. The zero-order valence-electron chi connectivity index (χ0n) is 12.1. The molecule has 1 aromatic rings. The van der Waals surface area contributed by atoms with Crippen molar-refractivity contribution in [2.75, 3.05) is 13.2 Å². The van der Waals surface area contributed by atoms with Crippen LogP contribution in [0.2, 0.25) is 0 Å². The number of aryl methyl sites for hydroxylation is 1. The summed E-state index contributed by atoms with van der Waals surface area (Å²) >= 11 is 0. The van der Waals surface area contributed by atoms with E-state index in [4.69, 9.17) is 9.47 Å². The molecule has 0 aliphatic rings. The molecule has 0 radical (unpaired) electrons. The van der Waals surface area contributed by atoms with E-state index in [1.54, 1.807) is 33.2 Å². The molecule has 0 atom stereocenters. The molecular formula is C14H19NO5. The average Bonchev–Trinajstić information content (AvgIpc) is 2.41. The largest absolute Gasteiger partial charge is 0.465 e. The van der Waals surface area contributed by atoms with Crippen LogP contribution in [0.1, 0.15) is 26.3 Å². The lowest BCUT2D eigenvalue weighted by Crippen LogP contribution is -2.47. The number of rotatable bonds is 5. The van der Waals surface area contributed by atoms with Crippen molar-refractivity contribution < 1.29 is 19.1 Å². The summed E-state index contributed by atoms with van der Waals surface area (Å²) in [4.78, 5) is 36.5. The number of carbonyl (C=O) groups is 2. The third-order valence-electron chi connectivity index (χ3n) is 3.03. The van der Waals surface area contributed by atoms with Crippen molar-refractivity contribution in [2.24, 2.45) is 7.05 Å². The Kier molecular flexibility index (Phi) is 5.07. The van der Waals surface area contributed by atoms with Crippen LogP contribution in [0.5, 0.6) is 0 Å². The quantitative estimate of drug-likeness (QED) is 0.588. The van der Waals surface area contributed by atoms with Crippen molar-refractivity contribution in [1.82, 2.24) is 4.57 Å². The van der Waals surface area contributed by atoms with Gasteiger partial charge in [0.2, 0.25) is 0 Å². The molecule has 0 bridgehead atoms. The molecule has 0 aromatic carbocycles. The van der Waals surface area contributed by atoms with Gasteiger partial charge in [-0.1, -0.05) is 6.07 Å². The first-order valence-electron chi connectivity index (χ1n) is 6.40. The monoisotopic (exact) mass is 281 g/mol. The smallest absolute Gasteiger partial charge is 0.327 e. The Balaban J connectivity index is 3.45. The minimum absolute atomic E-state index is 0.0411. The summed E-state index contributed by atoms with van der Waals surface area (Å²) in [5.74, 6) is -1.58. The van der Waals surface area contributed by atoms with Crippen LogP contribution >= 0.6 is 0 Å². The summed E-state index contributed by atoms with van der Waals surface area (Å²) in [5.41, 5.74) is -2.15. The summed E-state index contributed by atoms with van der Waals surface area (Å²) in [7, 11) is 1.54. The zero-order chi connectivity index (χ0) is 15.3. The van der Waals surface area contributed by atoms with Crippen molar-refractivity contribution >= 4 is 11.9 Å². The molecule has 110 valence electrons. The van der Waals surface area contributed by atoms with E-state index in [0.29, 0.717) is 0 Å². The van der Waals surface area contributed by atoms with Crippen molar-refractivity contribution in [3.05, 3.63) is 34.2 Å². The van der Waals surface area contributed by atoms with E-state index in [1.165, 1.54) is 17.6 Å². The van der Waals surface area contributed by atoms with E-state index in [1.807, 2.05) is 0 Å². The first-order valence-corrected chi connectivity index (χ1v) is 6.40. The number of carbonyl (C=O) groups excluding carboxylic acids is 2. The Labute approximate surface area is 117 Å². The van der Waals surface area contributed by atoms with Gasteiger partial charge in [-0.05, 0) is 26.8 Å². The topological polar surface area (TPSA) is 74.6 Å². The molecule has 6 heteroatoms. The van der Waals surface area contributed by atoms with Gasteiger partial charge in [-0.3, -0.25) is 14.4 Å². The molecular weight excluding hydrogens is 262 g/mol. The number of esters is 2. The molecule has 0 amide bonds. The summed E-state index contributed by atoms with van der Waals surface area (Å²) in [6.45, 7) is 4.83. The third kappa shape index (κ3) is 2.74. The van der Waals surface area contributed by atoms with Gasteiger partial charge in [0, 0.05) is 18.8 Å². The third-order valence-corrected chi connectivity index (χ3v) is 3.03. The maximum atomic E-state index is 12.2. The fourth-order valence-corrected chi connectivity index (χ4v) is 1.83. The molecule has 0 spiro atoms. The number of hydrogen-bond acceptors (Lipinski definition) is 5. The first-order chi connectivity index (χ1) is 9.39. The van der Waals surface area contributed by atoms with Gasteiger partial charge in [-0.15, -0.1) is 0 Å². The number of pyridine rings is 1. The highest BCUT2D eigenvalue weighted by atomic mass is 16.6. The summed E-state index contributed by atoms with van der Waals surface area (Å²) in [6.07, 6.45) is 1.54. The predicted molar refractivity (Wildman–Crippen MR) is 72.3 cm³/mol. The van der Waals surface area contributed by atoms with Crippen LogP contribution in [0, 0.1) is 0 Å². The minimum Gasteiger partial charge on any atom is -0.465 e. The van der Waals surface area contributed by atoms with Gasteiger partial charge in [0.15, 0.2) is 5.41 Å². The van der Waals surface area contributed by atoms with Gasteiger partial charge in [0.1, 0.15) is 0 Å². The van der Waals surface area contributed by atoms with Gasteiger partial charge < -0.3 is 14.0 Å². The molecule has 1 rings (SSSR count). The van der Waals surface area contributed by atoms with E-state index in [-0.39, 0.29) is 18.8 Å². The van der Waals surface area contributed by atoms with Crippen molar-refractivity contribution in [3.63, 3.8) is 0 Å². The van der Waals surface area contributed by atoms with Crippen molar-refractivity contribution in [1.29, 1.82) is 0 Å². The number of hydrogen-bond donors (Lipinski definition) is 0. The lowest BCUT2D eigenvalue weighted by atomic mass is 9.83. The van der Waals surface area contributed by atoms with Crippen molar-refractivity contribution in [2.45, 2.75) is 26.2 Å². The second-order valence-electron chi connectivity index (χ2n) is 4.40. The number of ether oxygens (including phenoxy) is 2. The summed E-state index contributed by atoms with van der Waals surface area (Å²) in [6, 6.07) is 3.03. The van der Waals surface area contributed by atoms with Crippen LogP contribution in [0.15, 0.2) is 23.1 Å². The highest BCUT2D eigenvalue weighted by Crippen LogP contribution is 2.24. The fraction of sp³-hybridized carbons (Fsp3) is 0.500. The summed E-state index contributed by atoms with van der Waals surface area (Å²) in [5, 5.41) is 0. The lowest BCUT2D eigenvalue weighted by Gasteiger charge is -2.24. The Morgan fingerprint density at radius 2 is 1.70 bits per heavy atom. The Morgan fingerprint density at radius 3 is 2.15 bits per heavy atom. The van der Waals surface area contributed by atoms with E-state index in [0.717, 1.165) is 0 Å². The van der Waals surface area contributed by atoms with Gasteiger partial charge >= 0.3 is 11.9 Å². The van der Waals surface area contributed by atoms with Gasteiger partial charge in [-0.2, -0.15) is 0 Å². The maximum Gasteiger partial charge on any atom is 0.327 e. The molecule has 6 nitrogen and oxygen atoms in total. The van der Waals surface area contributed by atoms with E-state index in [2.05, 4.69) is 0 Å². The fourth-order valence-electron chi connectivity index (χ4n) is 1.83. The highest BCUT2D eigenvalue weighted by molar-refractivity contribution is 6.05. The molecule has 0 aliphatic heterocycles. The Bertz CT molecular complexity index is 543. The molecule has 0 N–H and O–H groups in total. The normalized spacial score (nSPS) is 11.0. The molecule has 1 aromatic heterocycles. The number of aromatic nitrogens is 1. The van der Waals surface area contributed by atoms with E-state index in [9.17, 15) is 14.4 Å².